The van der Waals surface area contributed by atoms with E-state index in [1.54, 1.807) is 31.6 Å². The zero-order chi connectivity index (χ0) is 19.5. The molecule has 0 fully saturated rings. The number of nitrogens with zero attached hydrogens (tertiary/aromatic N) is 6. The van der Waals surface area contributed by atoms with Crippen LogP contribution in [0.2, 0.25) is 0 Å². The Morgan fingerprint density at radius 2 is 2.07 bits per heavy atom. The van der Waals surface area contributed by atoms with E-state index in [4.69, 9.17) is 4.74 Å². The molecule has 9 nitrogen and oxygen atoms in total. The highest BCUT2D eigenvalue weighted by Gasteiger charge is 2.21. The minimum absolute atomic E-state index is 0.0614. The van der Waals surface area contributed by atoms with Crippen molar-refractivity contribution in [3.05, 3.63) is 70.1 Å². The fourth-order valence-electron chi connectivity index (χ4n) is 3.31. The van der Waals surface area contributed by atoms with Crippen molar-refractivity contribution in [1.82, 2.24) is 24.8 Å². The van der Waals surface area contributed by atoms with Crippen molar-refractivity contribution < 1.29 is 9.66 Å². The normalized spacial score (nSPS) is 13.8. The fourth-order valence-corrected chi connectivity index (χ4v) is 3.31. The quantitative estimate of drug-likeness (QED) is 0.492. The van der Waals surface area contributed by atoms with Crippen LogP contribution in [0.3, 0.4) is 0 Å². The number of hydrogen-bond donors (Lipinski definition) is 0. The molecule has 9 heteroatoms. The van der Waals surface area contributed by atoms with Crippen LogP contribution in [0.5, 0.6) is 5.75 Å². The molecule has 0 unspecified atom stereocenters. The summed E-state index contributed by atoms with van der Waals surface area (Å²) in [5.41, 5.74) is 3.70. The summed E-state index contributed by atoms with van der Waals surface area (Å²) in [6, 6.07) is 4.67. The van der Waals surface area contributed by atoms with Gasteiger partial charge in [0.2, 0.25) is 0 Å². The molecule has 0 aliphatic carbocycles. The molecule has 0 radical (unpaired) electrons. The molecule has 0 spiro atoms. The zero-order valence-corrected chi connectivity index (χ0v) is 15.3. The minimum atomic E-state index is -0.392. The highest BCUT2D eigenvalue weighted by Crippen LogP contribution is 2.27. The van der Waals surface area contributed by atoms with Crippen molar-refractivity contribution in [3.63, 3.8) is 0 Å². The van der Waals surface area contributed by atoms with Gasteiger partial charge >= 0.3 is 0 Å². The van der Waals surface area contributed by atoms with Gasteiger partial charge in [0.15, 0.2) is 5.82 Å². The molecule has 0 atom stereocenters. The monoisotopic (exact) mass is 378 g/mol. The van der Waals surface area contributed by atoms with Crippen molar-refractivity contribution in [2.45, 2.75) is 19.5 Å². The zero-order valence-electron chi connectivity index (χ0n) is 15.3. The number of methoxy groups -OCH3 is 1. The summed E-state index contributed by atoms with van der Waals surface area (Å²) >= 11 is 0. The second-order valence-electron chi connectivity index (χ2n) is 6.51. The molecule has 28 heavy (non-hydrogen) atoms. The molecule has 142 valence electrons. The lowest BCUT2D eigenvalue weighted by atomic mass is 10.1. The summed E-state index contributed by atoms with van der Waals surface area (Å²) in [5, 5.41) is 11.1. The van der Waals surface area contributed by atoms with Crippen LogP contribution in [0.1, 0.15) is 16.8 Å². The number of hydrogen-bond acceptors (Lipinski definition) is 8. The van der Waals surface area contributed by atoms with Crippen LogP contribution >= 0.6 is 0 Å². The van der Waals surface area contributed by atoms with Gasteiger partial charge in [0.25, 0.3) is 5.69 Å². The third kappa shape index (κ3) is 3.65. The summed E-state index contributed by atoms with van der Waals surface area (Å²) in [5.74, 6) is 1.26. The van der Waals surface area contributed by atoms with Crippen molar-refractivity contribution >= 4 is 5.69 Å². The van der Waals surface area contributed by atoms with Gasteiger partial charge in [0.05, 0.1) is 23.3 Å². The van der Waals surface area contributed by atoms with Gasteiger partial charge in [-0.3, -0.25) is 15.0 Å². The summed E-state index contributed by atoms with van der Waals surface area (Å²) < 4.78 is 5.37. The van der Waals surface area contributed by atoms with E-state index >= 15 is 0 Å². The standard InChI is InChI=1S/C19H18N6O3/c1-28-18-3-2-16(25(26)27)6-13(18)10-24-5-4-17-15(11-24)9-22-19(23-17)14-7-20-12-21-8-14/h2-3,6-9,12H,4-5,10-11H2,1H3. The van der Waals surface area contributed by atoms with E-state index < -0.39 is 4.92 Å². The first-order chi connectivity index (χ1) is 13.6. The Balaban J connectivity index is 1.53. The molecule has 4 rings (SSSR count). The SMILES string of the molecule is COc1ccc([N+](=O)[O-])cc1CN1CCc2nc(-c3cncnc3)ncc2C1. The van der Waals surface area contributed by atoms with Crippen LogP contribution in [-0.4, -0.2) is 43.4 Å². The van der Waals surface area contributed by atoms with Crippen molar-refractivity contribution in [3.8, 4) is 17.1 Å². The predicted molar refractivity (Wildman–Crippen MR) is 101 cm³/mol. The summed E-state index contributed by atoms with van der Waals surface area (Å²) in [7, 11) is 1.57. The maximum atomic E-state index is 11.1. The third-order valence-corrected chi connectivity index (χ3v) is 4.70. The molecular weight excluding hydrogens is 360 g/mol. The first-order valence-corrected chi connectivity index (χ1v) is 8.78. The number of benzene rings is 1. The Bertz CT molecular complexity index is 1010. The van der Waals surface area contributed by atoms with E-state index in [1.807, 2.05) is 6.20 Å². The van der Waals surface area contributed by atoms with E-state index in [0.29, 0.717) is 24.7 Å². The van der Waals surface area contributed by atoms with Crippen LogP contribution in [0.4, 0.5) is 5.69 Å². The maximum absolute atomic E-state index is 11.1. The molecule has 1 aliphatic rings. The summed E-state index contributed by atoms with van der Waals surface area (Å²) in [6.07, 6.45) is 7.47. The molecular formula is C19H18N6O3. The number of rotatable bonds is 5. The maximum Gasteiger partial charge on any atom is 0.270 e. The van der Waals surface area contributed by atoms with Crippen molar-refractivity contribution in [1.29, 1.82) is 0 Å². The molecule has 0 N–H and O–H groups in total. The van der Waals surface area contributed by atoms with Gasteiger partial charge in [-0.1, -0.05) is 0 Å². The van der Waals surface area contributed by atoms with Crippen LogP contribution < -0.4 is 4.74 Å². The molecule has 3 aromatic rings. The summed E-state index contributed by atoms with van der Waals surface area (Å²) in [6.45, 7) is 2.02. The Labute approximate surface area is 161 Å². The lowest BCUT2D eigenvalue weighted by Gasteiger charge is -2.28. The average Bonchev–Trinajstić information content (AvgIpc) is 2.74. The highest BCUT2D eigenvalue weighted by atomic mass is 16.6. The molecule has 3 heterocycles. The second-order valence-corrected chi connectivity index (χ2v) is 6.51. The van der Waals surface area contributed by atoms with Crippen LogP contribution in [0, 0.1) is 10.1 Å². The predicted octanol–water partition coefficient (Wildman–Crippen LogP) is 2.41. The van der Waals surface area contributed by atoms with Gasteiger partial charge in [-0.15, -0.1) is 0 Å². The van der Waals surface area contributed by atoms with Gasteiger partial charge in [0.1, 0.15) is 12.1 Å². The van der Waals surface area contributed by atoms with E-state index in [2.05, 4.69) is 24.8 Å². The first kappa shape index (κ1) is 17.9. The van der Waals surface area contributed by atoms with Gasteiger partial charge < -0.3 is 4.74 Å². The lowest BCUT2D eigenvalue weighted by molar-refractivity contribution is -0.385. The fraction of sp³-hybridized carbons (Fsp3) is 0.263. The van der Waals surface area contributed by atoms with E-state index in [0.717, 1.165) is 35.3 Å². The topological polar surface area (TPSA) is 107 Å². The Morgan fingerprint density at radius 1 is 1.25 bits per heavy atom. The van der Waals surface area contributed by atoms with Crippen LogP contribution in [0.15, 0.2) is 43.1 Å². The van der Waals surface area contributed by atoms with Crippen molar-refractivity contribution in [2.24, 2.45) is 0 Å². The summed E-state index contributed by atoms with van der Waals surface area (Å²) in [4.78, 5) is 30.0. The average molecular weight is 378 g/mol. The van der Waals surface area contributed by atoms with E-state index in [9.17, 15) is 10.1 Å². The highest BCUT2D eigenvalue weighted by molar-refractivity contribution is 5.52. The Kier molecular flexibility index (Phi) is 4.90. The number of non-ortho nitro benzene ring substituents is 1. The lowest BCUT2D eigenvalue weighted by Crippen LogP contribution is -2.31. The third-order valence-electron chi connectivity index (χ3n) is 4.70. The molecule has 1 aliphatic heterocycles. The van der Waals surface area contributed by atoms with Crippen LogP contribution in [-0.2, 0) is 19.5 Å². The molecule has 0 amide bonds. The number of ether oxygens (including phenoxy) is 1. The number of nitro groups is 1. The minimum Gasteiger partial charge on any atom is -0.496 e. The first-order valence-electron chi connectivity index (χ1n) is 8.78. The Morgan fingerprint density at radius 3 is 2.82 bits per heavy atom. The number of fused-ring (bicyclic) bond motifs is 1. The second kappa shape index (κ2) is 7.65. The van der Waals surface area contributed by atoms with E-state index in [1.165, 1.54) is 12.4 Å². The number of nitro benzene ring substituents is 1. The van der Waals surface area contributed by atoms with Gasteiger partial charge in [-0.25, -0.2) is 19.9 Å². The van der Waals surface area contributed by atoms with Crippen molar-refractivity contribution in [2.75, 3.05) is 13.7 Å². The van der Waals surface area contributed by atoms with E-state index in [-0.39, 0.29) is 5.69 Å². The van der Waals surface area contributed by atoms with Crippen LogP contribution in [0.25, 0.3) is 11.4 Å². The number of aromatic nitrogens is 4. The van der Waals surface area contributed by atoms with Gasteiger partial charge in [-0.2, -0.15) is 0 Å². The van der Waals surface area contributed by atoms with Gasteiger partial charge in [0, 0.05) is 67.9 Å². The molecule has 1 aromatic carbocycles. The Hall–Kier alpha value is -3.46. The largest absolute Gasteiger partial charge is 0.496 e. The molecule has 0 bridgehead atoms. The smallest absolute Gasteiger partial charge is 0.270 e. The molecule has 2 aromatic heterocycles. The van der Waals surface area contributed by atoms with Gasteiger partial charge in [-0.05, 0) is 6.07 Å². The molecule has 0 saturated heterocycles. The molecule has 0 saturated carbocycles.